The Morgan fingerprint density at radius 2 is 2.12 bits per heavy atom. The average Bonchev–Trinajstić information content (AvgIpc) is 3.21. The summed E-state index contributed by atoms with van der Waals surface area (Å²) in [5, 5.41) is 10.2. The molecule has 0 spiro atoms. The molecule has 2 heterocycles. The van der Waals surface area contributed by atoms with Gasteiger partial charge in [0.25, 0.3) is 0 Å². The van der Waals surface area contributed by atoms with Crippen LogP contribution in [0, 0.1) is 13.8 Å². The van der Waals surface area contributed by atoms with Gasteiger partial charge in [0.15, 0.2) is 5.96 Å². The van der Waals surface area contributed by atoms with Crippen LogP contribution in [0.25, 0.3) is 0 Å². The molecule has 0 aliphatic heterocycles. The van der Waals surface area contributed by atoms with Crippen LogP contribution in [-0.2, 0) is 17.8 Å². The van der Waals surface area contributed by atoms with Crippen molar-refractivity contribution >= 4 is 47.2 Å². The number of hydrogen-bond donors (Lipinski definition) is 3. The molecule has 7 nitrogen and oxygen atoms in total. The van der Waals surface area contributed by atoms with E-state index in [9.17, 15) is 4.79 Å². The van der Waals surface area contributed by atoms with Crippen LogP contribution in [0.5, 0.6) is 0 Å². The van der Waals surface area contributed by atoms with Crippen LogP contribution in [-0.4, -0.2) is 36.5 Å². The SMILES string of the molecule is CCNC(=NCC(=O)NCc1ccco1)NCCc1nc(C)c(C)s1.I. The van der Waals surface area contributed by atoms with Crippen LogP contribution in [0.15, 0.2) is 27.8 Å². The quantitative estimate of drug-likeness (QED) is 0.300. The zero-order valence-electron chi connectivity index (χ0n) is 15.3. The molecule has 0 fully saturated rings. The van der Waals surface area contributed by atoms with Crippen molar-refractivity contribution in [2.45, 2.75) is 33.7 Å². The van der Waals surface area contributed by atoms with E-state index < -0.39 is 0 Å². The van der Waals surface area contributed by atoms with E-state index in [0.717, 1.165) is 29.4 Å². The van der Waals surface area contributed by atoms with E-state index in [1.807, 2.05) is 19.9 Å². The molecule has 0 aliphatic carbocycles. The maximum absolute atomic E-state index is 11.9. The van der Waals surface area contributed by atoms with Crippen LogP contribution in [0.4, 0.5) is 0 Å². The maximum Gasteiger partial charge on any atom is 0.242 e. The van der Waals surface area contributed by atoms with Gasteiger partial charge in [-0.05, 0) is 32.9 Å². The zero-order valence-corrected chi connectivity index (χ0v) is 18.4. The summed E-state index contributed by atoms with van der Waals surface area (Å²) < 4.78 is 5.17. The number of carbonyl (C=O) groups excluding carboxylic acids is 1. The number of rotatable bonds is 8. The normalized spacial score (nSPS) is 11.0. The Hall–Kier alpha value is -1.62. The molecule has 144 valence electrons. The molecule has 0 bridgehead atoms. The second-order valence-corrected chi connectivity index (χ2v) is 6.76. The van der Waals surface area contributed by atoms with Gasteiger partial charge in [-0.3, -0.25) is 4.79 Å². The third-order valence-electron chi connectivity index (χ3n) is 3.47. The van der Waals surface area contributed by atoms with Gasteiger partial charge in [-0.15, -0.1) is 35.3 Å². The molecular formula is C17H26IN5O2S. The van der Waals surface area contributed by atoms with Gasteiger partial charge in [0.1, 0.15) is 12.3 Å². The molecule has 2 aromatic rings. The number of thiazole rings is 1. The highest BCUT2D eigenvalue weighted by Crippen LogP contribution is 2.16. The standard InChI is InChI=1S/C17H25N5O2S.HI/c1-4-18-17(19-8-7-16-22-12(2)13(3)25-16)21-11-15(23)20-10-14-6-5-9-24-14;/h5-6,9H,4,7-8,10-11H2,1-3H3,(H,20,23)(H2,18,19,21);1H. The van der Waals surface area contributed by atoms with Crippen molar-refractivity contribution in [3.63, 3.8) is 0 Å². The summed E-state index contributed by atoms with van der Waals surface area (Å²) in [4.78, 5) is 21.9. The third kappa shape index (κ3) is 7.73. The number of furan rings is 1. The second kappa shape index (κ2) is 11.9. The van der Waals surface area contributed by atoms with Crippen molar-refractivity contribution in [2.24, 2.45) is 4.99 Å². The molecule has 9 heteroatoms. The van der Waals surface area contributed by atoms with Crippen molar-refractivity contribution in [1.82, 2.24) is 20.9 Å². The highest BCUT2D eigenvalue weighted by Gasteiger charge is 2.05. The highest BCUT2D eigenvalue weighted by atomic mass is 127. The lowest BCUT2D eigenvalue weighted by Gasteiger charge is -2.10. The van der Waals surface area contributed by atoms with Gasteiger partial charge in [-0.25, -0.2) is 9.98 Å². The Kier molecular flexibility index (Phi) is 10.3. The molecular weight excluding hydrogens is 465 g/mol. The summed E-state index contributed by atoms with van der Waals surface area (Å²) in [6.45, 7) is 7.97. The fraction of sp³-hybridized carbons (Fsp3) is 0.471. The number of aliphatic imine (C=N–C) groups is 1. The third-order valence-corrected chi connectivity index (χ3v) is 4.60. The number of aryl methyl sites for hydroxylation is 2. The van der Waals surface area contributed by atoms with Crippen molar-refractivity contribution < 1.29 is 9.21 Å². The number of carbonyl (C=O) groups is 1. The van der Waals surface area contributed by atoms with Crippen LogP contribution >= 0.6 is 35.3 Å². The lowest BCUT2D eigenvalue weighted by molar-refractivity contribution is -0.119. The first-order valence-corrected chi connectivity index (χ1v) is 9.14. The summed E-state index contributed by atoms with van der Waals surface area (Å²) in [7, 11) is 0. The monoisotopic (exact) mass is 491 g/mol. The molecule has 0 unspecified atom stereocenters. The van der Waals surface area contributed by atoms with Crippen molar-refractivity contribution in [2.75, 3.05) is 19.6 Å². The lowest BCUT2D eigenvalue weighted by Crippen LogP contribution is -2.39. The molecule has 0 saturated heterocycles. The summed E-state index contributed by atoms with van der Waals surface area (Å²) in [6.07, 6.45) is 2.41. The van der Waals surface area contributed by atoms with Gasteiger partial charge in [-0.1, -0.05) is 0 Å². The fourth-order valence-electron chi connectivity index (χ4n) is 2.08. The molecule has 2 aromatic heterocycles. The predicted molar refractivity (Wildman–Crippen MR) is 115 cm³/mol. The van der Waals surface area contributed by atoms with Gasteiger partial charge >= 0.3 is 0 Å². The average molecular weight is 491 g/mol. The van der Waals surface area contributed by atoms with Crippen LogP contribution < -0.4 is 16.0 Å². The van der Waals surface area contributed by atoms with Crippen molar-refractivity contribution in [3.8, 4) is 0 Å². The number of guanidine groups is 1. The smallest absolute Gasteiger partial charge is 0.242 e. The second-order valence-electron chi connectivity index (χ2n) is 5.48. The van der Waals surface area contributed by atoms with Crippen LogP contribution in [0.3, 0.4) is 0 Å². The number of amides is 1. The van der Waals surface area contributed by atoms with Gasteiger partial charge in [-0.2, -0.15) is 0 Å². The summed E-state index contributed by atoms with van der Waals surface area (Å²) >= 11 is 1.72. The molecule has 0 aromatic carbocycles. The first kappa shape index (κ1) is 22.4. The number of nitrogens with zero attached hydrogens (tertiary/aromatic N) is 2. The minimum atomic E-state index is -0.153. The van der Waals surface area contributed by atoms with Gasteiger partial charge in [0.05, 0.1) is 23.5 Å². The van der Waals surface area contributed by atoms with E-state index in [-0.39, 0.29) is 36.4 Å². The van der Waals surface area contributed by atoms with E-state index in [2.05, 4.69) is 32.9 Å². The first-order chi connectivity index (χ1) is 12.1. The molecule has 0 saturated carbocycles. The first-order valence-electron chi connectivity index (χ1n) is 8.32. The minimum Gasteiger partial charge on any atom is -0.467 e. The molecule has 26 heavy (non-hydrogen) atoms. The lowest BCUT2D eigenvalue weighted by atomic mass is 10.4. The minimum absolute atomic E-state index is 0. The molecule has 2 rings (SSSR count). The van der Waals surface area contributed by atoms with E-state index in [4.69, 9.17) is 4.42 Å². The number of aromatic nitrogens is 1. The van der Waals surface area contributed by atoms with E-state index in [0.29, 0.717) is 19.0 Å². The topological polar surface area (TPSA) is 91.5 Å². The molecule has 1 amide bonds. The van der Waals surface area contributed by atoms with Crippen molar-refractivity contribution in [1.29, 1.82) is 0 Å². The summed E-state index contributed by atoms with van der Waals surface area (Å²) in [5.41, 5.74) is 1.09. The number of nitrogens with one attached hydrogen (secondary N) is 3. The van der Waals surface area contributed by atoms with Gasteiger partial charge in [0, 0.05) is 24.4 Å². The largest absolute Gasteiger partial charge is 0.467 e. The van der Waals surface area contributed by atoms with Gasteiger partial charge < -0.3 is 20.4 Å². The molecule has 0 aliphatic rings. The van der Waals surface area contributed by atoms with E-state index in [1.165, 1.54) is 4.88 Å². The maximum atomic E-state index is 11.9. The zero-order chi connectivity index (χ0) is 18.1. The molecule has 0 atom stereocenters. The Morgan fingerprint density at radius 1 is 1.31 bits per heavy atom. The number of halogens is 1. The predicted octanol–water partition coefficient (Wildman–Crippen LogP) is 2.38. The van der Waals surface area contributed by atoms with Gasteiger partial charge in [0.2, 0.25) is 5.91 Å². The Balaban J connectivity index is 0.00000338. The van der Waals surface area contributed by atoms with Crippen LogP contribution in [0.2, 0.25) is 0 Å². The van der Waals surface area contributed by atoms with Crippen LogP contribution in [0.1, 0.15) is 28.3 Å². The van der Waals surface area contributed by atoms with Crippen molar-refractivity contribution in [3.05, 3.63) is 39.7 Å². The Labute approximate surface area is 175 Å². The van der Waals surface area contributed by atoms with E-state index in [1.54, 1.807) is 23.7 Å². The number of hydrogen-bond acceptors (Lipinski definition) is 5. The molecule has 0 radical (unpaired) electrons. The summed E-state index contributed by atoms with van der Waals surface area (Å²) in [5.74, 6) is 1.19. The Morgan fingerprint density at radius 3 is 2.73 bits per heavy atom. The van der Waals surface area contributed by atoms with E-state index >= 15 is 0 Å². The summed E-state index contributed by atoms with van der Waals surface area (Å²) in [6, 6.07) is 3.61. The highest BCUT2D eigenvalue weighted by molar-refractivity contribution is 14.0. The Bertz CT molecular complexity index is 681. The fourth-order valence-corrected chi connectivity index (χ4v) is 3.01. The molecule has 3 N–H and O–H groups in total.